The van der Waals surface area contributed by atoms with Crippen LogP contribution in [0.2, 0.25) is 10.0 Å². The average Bonchev–Trinajstić information content (AvgIpc) is 3.48. The number of ether oxygens (including phenoxy) is 1. The summed E-state index contributed by atoms with van der Waals surface area (Å²) in [6.07, 6.45) is 0.175. The van der Waals surface area contributed by atoms with Crippen molar-refractivity contribution in [1.29, 1.82) is 0 Å². The number of nitrogens with one attached hydrogen (secondary N) is 1. The zero-order chi connectivity index (χ0) is 28.3. The average molecular weight is 584 g/mol. The van der Waals surface area contributed by atoms with Crippen molar-refractivity contribution in [1.82, 2.24) is 4.90 Å². The summed E-state index contributed by atoms with van der Waals surface area (Å²) in [4.78, 5) is 30.7. The molecule has 4 aromatic rings. The monoisotopic (exact) mass is 582 g/mol. The molecule has 0 saturated carbocycles. The van der Waals surface area contributed by atoms with Gasteiger partial charge in [-0.05, 0) is 52.4 Å². The molecule has 1 spiro atoms. The minimum Gasteiger partial charge on any atom is -0.454 e. The Balaban J connectivity index is 1.48. The largest absolute Gasteiger partial charge is 0.454 e. The van der Waals surface area contributed by atoms with Gasteiger partial charge in [0.05, 0.1) is 11.5 Å². The van der Waals surface area contributed by atoms with Gasteiger partial charge in [0, 0.05) is 28.2 Å². The Morgan fingerprint density at radius 3 is 2.22 bits per heavy atom. The molecule has 206 valence electrons. The van der Waals surface area contributed by atoms with E-state index in [1.807, 2.05) is 85.8 Å². The van der Waals surface area contributed by atoms with Gasteiger partial charge in [0.2, 0.25) is 5.91 Å². The molecule has 3 heterocycles. The summed E-state index contributed by atoms with van der Waals surface area (Å²) in [7, 11) is 0. The van der Waals surface area contributed by atoms with Crippen LogP contribution in [-0.2, 0) is 26.2 Å². The molecular formula is C34H28Cl2N2O3. The predicted molar refractivity (Wildman–Crippen MR) is 160 cm³/mol. The fourth-order valence-corrected chi connectivity index (χ4v) is 7.68. The number of hydrogen-bond donors (Lipinski definition) is 1. The molecule has 0 aromatic heterocycles. The number of nitrogens with zero attached hydrogens (tertiary/aromatic N) is 1. The lowest BCUT2D eigenvalue weighted by Gasteiger charge is -2.43. The van der Waals surface area contributed by atoms with Gasteiger partial charge in [0.15, 0.2) is 0 Å². The van der Waals surface area contributed by atoms with Crippen molar-refractivity contribution in [3.63, 3.8) is 0 Å². The zero-order valence-electron chi connectivity index (χ0n) is 22.4. The molecule has 3 aliphatic rings. The lowest BCUT2D eigenvalue weighted by atomic mass is 9.68. The summed E-state index contributed by atoms with van der Waals surface area (Å²) in [6.45, 7) is 2.38. The van der Waals surface area contributed by atoms with Gasteiger partial charge >= 0.3 is 5.97 Å². The Hall–Kier alpha value is -3.64. The van der Waals surface area contributed by atoms with E-state index in [1.54, 1.807) is 6.07 Å². The molecule has 3 aliphatic heterocycles. The summed E-state index contributed by atoms with van der Waals surface area (Å²) in [5.41, 5.74) is 4.20. The third-order valence-electron chi connectivity index (χ3n) is 8.94. The molecular weight excluding hydrogens is 555 g/mol. The normalized spacial score (nSPS) is 26.9. The van der Waals surface area contributed by atoms with Crippen LogP contribution in [0.1, 0.15) is 52.8 Å². The van der Waals surface area contributed by atoms with Crippen molar-refractivity contribution >= 4 is 40.8 Å². The van der Waals surface area contributed by atoms with Gasteiger partial charge < -0.3 is 10.1 Å². The van der Waals surface area contributed by atoms with Gasteiger partial charge in [0.25, 0.3) is 0 Å². The zero-order valence-corrected chi connectivity index (χ0v) is 23.9. The van der Waals surface area contributed by atoms with E-state index < -0.39 is 23.5 Å². The van der Waals surface area contributed by atoms with Crippen LogP contribution in [0.4, 0.5) is 5.69 Å². The van der Waals surface area contributed by atoms with Crippen LogP contribution in [0.25, 0.3) is 0 Å². The molecule has 0 radical (unpaired) electrons. The molecule has 7 rings (SSSR count). The van der Waals surface area contributed by atoms with E-state index >= 15 is 0 Å². The molecule has 1 N–H and O–H groups in total. The number of esters is 1. The van der Waals surface area contributed by atoms with Gasteiger partial charge in [0.1, 0.15) is 12.1 Å². The second-order valence-corrected chi connectivity index (χ2v) is 11.9. The lowest BCUT2D eigenvalue weighted by Crippen LogP contribution is -2.49. The van der Waals surface area contributed by atoms with Crippen LogP contribution in [0.3, 0.4) is 0 Å². The molecule has 5 nitrogen and oxygen atoms in total. The van der Waals surface area contributed by atoms with Gasteiger partial charge in [-0.25, -0.2) is 0 Å². The molecule has 7 heteroatoms. The number of hydrogen-bond acceptors (Lipinski definition) is 4. The maximum atomic E-state index is 14.3. The smallest absolute Gasteiger partial charge is 0.324 e. The lowest BCUT2D eigenvalue weighted by molar-refractivity contribution is -0.173. The summed E-state index contributed by atoms with van der Waals surface area (Å²) >= 11 is 13.1. The molecule has 1 amide bonds. The molecule has 0 aliphatic carbocycles. The molecule has 1 unspecified atom stereocenters. The Labute approximate surface area is 249 Å². The minimum absolute atomic E-state index is 0.146. The first-order valence-electron chi connectivity index (χ1n) is 13.9. The number of halogens is 2. The molecule has 2 fully saturated rings. The number of amides is 1. The van der Waals surface area contributed by atoms with Crippen molar-refractivity contribution in [2.24, 2.45) is 0 Å². The summed E-state index contributed by atoms with van der Waals surface area (Å²) in [5, 5.41) is 4.29. The molecule has 5 atom stereocenters. The van der Waals surface area contributed by atoms with Crippen LogP contribution in [0.15, 0.2) is 97.1 Å². The number of anilines is 1. The van der Waals surface area contributed by atoms with E-state index in [1.165, 1.54) is 0 Å². The van der Waals surface area contributed by atoms with Crippen LogP contribution < -0.4 is 5.32 Å². The summed E-state index contributed by atoms with van der Waals surface area (Å²) < 4.78 is 6.36. The number of carbonyl (C=O) groups excluding carboxylic acids is 2. The van der Waals surface area contributed by atoms with Crippen molar-refractivity contribution in [2.75, 3.05) is 11.9 Å². The maximum absolute atomic E-state index is 14.3. The second-order valence-electron chi connectivity index (χ2n) is 11.0. The van der Waals surface area contributed by atoms with E-state index in [2.05, 4.69) is 22.3 Å². The van der Waals surface area contributed by atoms with Crippen molar-refractivity contribution in [3.8, 4) is 0 Å². The first-order valence-corrected chi connectivity index (χ1v) is 14.6. The Bertz CT molecular complexity index is 1660. The van der Waals surface area contributed by atoms with Crippen LogP contribution in [-0.4, -0.2) is 29.4 Å². The summed E-state index contributed by atoms with van der Waals surface area (Å²) in [5.74, 6) is -1.03. The van der Waals surface area contributed by atoms with E-state index in [4.69, 9.17) is 27.9 Å². The van der Waals surface area contributed by atoms with Gasteiger partial charge in [-0.2, -0.15) is 0 Å². The quantitative estimate of drug-likeness (QED) is 0.257. The molecule has 2 saturated heterocycles. The first-order chi connectivity index (χ1) is 19.9. The van der Waals surface area contributed by atoms with Gasteiger partial charge in [-0.15, -0.1) is 0 Å². The third-order valence-corrected chi connectivity index (χ3v) is 9.53. The number of carbonyl (C=O) groups is 2. The van der Waals surface area contributed by atoms with Crippen LogP contribution in [0.5, 0.6) is 0 Å². The highest BCUT2D eigenvalue weighted by Gasteiger charge is 2.67. The van der Waals surface area contributed by atoms with Crippen molar-refractivity contribution in [2.45, 2.75) is 42.9 Å². The standard InChI is InChI=1S/C34H28Cl2N2O3/c1-2-20-17-25-27(18-26(20)36)37-33(40)34(25)19-38-29(21-10-5-3-6-11-21)31(22-12-7-4-8-13-22)41-32(39)30(38)28(34)23-14-9-15-24(35)16-23/h3-18,28-31H,2,19H2,1H3,(H,37,40)/t28-,29+,30?,31-,34+/m0/s1. The van der Waals surface area contributed by atoms with Crippen molar-refractivity contribution in [3.05, 3.63) is 135 Å². The maximum Gasteiger partial charge on any atom is 0.324 e. The molecule has 4 aromatic carbocycles. The Morgan fingerprint density at radius 2 is 1.54 bits per heavy atom. The first kappa shape index (κ1) is 26.3. The van der Waals surface area contributed by atoms with Crippen molar-refractivity contribution < 1.29 is 14.3 Å². The topological polar surface area (TPSA) is 58.6 Å². The number of cyclic esters (lactones) is 1. The number of benzene rings is 4. The molecule has 41 heavy (non-hydrogen) atoms. The number of rotatable bonds is 4. The Kier molecular flexibility index (Phi) is 6.42. The van der Waals surface area contributed by atoms with E-state index in [9.17, 15) is 9.59 Å². The highest BCUT2D eigenvalue weighted by Crippen LogP contribution is 2.60. The van der Waals surface area contributed by atoms with Crippen LogP contribution in [0, 0.1) is 0 Å². The van der Waals surface area contributed by atoms with E-state index in [0.717, 1.165) is 34.2 Å². The van der Waals surface area contributed by atoms with Gasteiger partial charge in [-0.3, -0.25) is 14.5 Å². The Morgan fingerprint density at radius 1 is 0.854 bits per heavy atom. The number of morpholine rings is 1. The van der Waals surface area contributed by atoms with E-state index in [0.29, 0.717) is 22.3 Å². The predicted octanol–water partition coefficient (Wildman–Crippen LogP) is 7.25. The number of fused-ring (bicyclic) bond motifs is 3. The van der Waals surface area contributed by atoms with Crippen LogP contribution >= 0.6 is 23.2 Å². The highest BCUT2D eigenvalue weighted by molar-refractivity contribution is 6.32. The summed E-state index contributed by atoms with van der Waals surface area (Å²) in [6, 6.07) is 30.3. The fraction of sp³-hybridized carbons (Fsp3) is 0.235. The van der Waals surface area contributed by atoms with E-state index in [-0.39, 0.29) is 17.9 Å². The molecule has 0 bridgehead atoms. The minimum atomic E-state index is -1.06. The SMILES string of the molecule is CCc1cc2c(cc1Cl)NC(=O)[C@]21CN2C(C(=O)O[C@@H](c3ccccc3)[C@H]2c2ccccc2)[C@@H]1c1cccc(Cl)c1. The number of aryl methyl sites for hydroxylation is 1. The van der Waals surface area contributed by atoms with Gasteiger partial charge in [-0.1, -0.05) is 109 Å². The second kappa shape index (κ2) is 10.0. The highest BCUT2D eigenvalue weighted by atomic mass is 35.5. The third kappa shape index (κ3) is 4.02. The fourth-order valence-electron chi connectivity index (χ4n) is 7.18.